The summed E-state index contributed by atoms with van der Waals surface area (Å²) >= 11 is 2.09. The molecule has 104 valence electrons. The molecule has 2 heterocycles. The van der Waals surface area contributed by atoms with Crippen molar-refractivity contribution in [3.63, 3.8) is 0 Å². The SMILES string of the molecule is NCC(C1CCSC1)N1CCCCc2ccccc21. The highest BCUT2D eigenvalue weighted by atomic mass is 32.2. The van der Waals surface area contributed by atoms with Gasteiger partial charge in [0.2, 0.25) is 0 Å². The van der Waals surface area contributed by atoms with Crippen molar-refractivity contribution in [3.05, 3.63) is 29.8 Å². The Morgan fingerprint density at radius 3 is 3.00 bits per heavy atom. The van der Waals surface area contributed by atoms with E-state index in [0.717, 1.165) is 12.5 Å². The molecule has 3 rings (SSSR count). The molecule has 2 aliphatic heterocycles. The number of para-hydroxylation sites is 1. The first-order valence-corrected chi connectivity index (χ1v) is 8.68. The molecule has 1 aromatic rings. The van der Waals surface area contributed by atoms with E-state index in [9.17, 15) is 0 Å². The molecule has 0 radical (unpaired) electrons. The summed E-state index contributed by atoms with van der Waals surface area (Å²) in [6, 6.07) is 9.48. The lowest BCUT2D eigenvalue weighted by Crippen LogP contribution is -2.46. The van der Waals surface area contributed by atoms with Gasteiger partial charge in [0, 0.05) is 24.8 Å². The van der Waals surface area contributed by atoms with Crippen molar-refractivity contribution >= 4 is 17.4 Å². The molecule has 0 aromatic heterocycles. The van der Waals surface area contributed by atoms with E-state index in [0.29, 0.717) is 6.04 Å². The van der Waals surface area contributed by atoms with Crippen LogP contribution in [0.3, 0.4) is 0 Å². The Bertz CT molecular complexity index is 415. The van der Waals surface area contributed by atoms with E-state index in [4.69, 9.17) is 5.73 Å². The van der Waals surface area contributed by atoms with Crippen LogP contribution in [0.1, 0.15) is 24.8 Å². The smallest absolute Gasteiger partial charge is 0.0448 e. The number of nitrogens with two attached hydrogens (primary N) is 1. The molecule has 1 aromatic carbocycles. The summed E-state index contributed by atoms with van der Waals surface area (Å²) in [5.41, 5.74) is 9.11. The maximum atomic E-state index is 6.14. The highest BCUT2D eigenvalue weighted by Crippen LogP contribution is 2.34. The quantitative estimate of drug-likeness (QED) is 0.920. The molecule has 19 heavy (non-hydrogen) atoms. The summed E-state index contributed by atoms with van der Waals surface area (Å²) in [6.07, 6.45) is 5.17. The molecule has 0 amide bonds. The second kappa shape index (κ2) is 6.19. The largest absolute Gasteiger partial charge is 0.367 e. The molecule has 2 unspecified atom stereocenters. The monoisotopic (exact) mass is 276 g/mol. The zero-order valence-electron chi connectivity index (χ0n) is 11.6. The van der Waals surface area contributed by atoms with Crippen LogP contribution in [-0.4, -0.2) is 30.6 Å². The van der Waals surface area contributed by atoms with Gasteiger partial charge >= 0.3 is 0 Å². The van der Waals surface area contributed by atoms with Crippen molar-refractivity contribution in [2.75, 3.05) is 29.5 Å². The predicted octanol–water partition coefficient (Wildman–Crippen LogP) is 2.91. The van der Waals surface area contributed by atoms with Crippen molar-refractivity contribution in [3.8, 4) is 0 Å². The van der Waals surface area contributed by atoms with E-state index in [-0.39, 0.29) is 0 Å². The fraction of sp³-hybridized carbons (Fsp3) is 0.625. The summed E-state index contributed by atoms with van der Waals surface area (Å²) in [5.74, 6) is 3.39. The van der Waals surface area contributed by atoms with Gasteiger partial charge in [-0.2, -0.15) is 11.8 Å². The van der Waals surface area contributed by atoms with Crippen LogP contribution >= 0.6 is 11.8 Å². The van der Waals surface area contributed by atoms with Crippen molar-refractivity contribution in [1.82, 2.24) is 0 Å². The van der Waals surface area contributed by atoms with Gasteiger partial charge in [0.05, 0.1) is 0 Å². The number of fused-ring (bicyclic) bond motifs is 1. The minimum atomic E-state index is 0.536. The number of benzene rings is 1. The Labute approximate surface area is 120 Å². The van der Waals surface area contributed by atoms with E-state index in [1.54, 1.807) is 0 Å². The summed E-state index contributed by atoms with van der Waals surface area (Å²) in [5, 5.41) is 0. The second-order valence-corrected chi connectivity index (χ2v) is 6.86. The van der Waals surface area contributed by atoms with Gasteiger partial charge in [-0.3, -0.25) is 0 Å². The lowest BCUT2D eigenvalue weighted by atomic mass is 9.96. The van der Waals surface area contributed by atoms with E-state index in [1.807, 2.05) is 0 Å². The number of aryl methyl sites for hydroxylation is 1. The summed E-state index contributed by atoms with van der Waals surface area (Å²) in [6.45, 7) is 1.97. The maximum Gasteiger partial charge on any atom is 0.0448 e. The van der Waals surface area contributed by atoms with Gasteiger partial charge in [0.15, 0.2) is 0 Å². The van der Waals surface area contributed by atoms with Crippen LogP contribution in [0.15, 0.2) is 24.3 Å². The molecule has 2 N–H and O–H groups in total. The average molecular weight is 276 g/mol. The van der Waals surface area contributed by atoms with E-state index < -0.39 is 0 Å². The molecule has 2 nitrogen and oxygen atoms in total. The van der Waals surface area contributed by atoms with Crippen LogP contribution in [0.2, 0.25) is 0 Å². The number of thioether (sulfide) groups is 1. The molecule has 0 spiro atoms. The van der Waals surface area contributed by atoms with Crippen molar-refractivity contribution < 1.29 is 0 Å². The molecule has 1 saturated heterocycles. The zero-order chi connectivity index (χ0) is 13.1. The maximum absolute atomic E-state index is 6.14. The third-order valence-electron chi connectivity index (χ3n) is 4.55. The van der Waals surface area contributed by atoms with Gasteiger partial charge in [-0.15, -0.1) is 0 Å². The normalized spacial score (nSPS) is 24.9. The highest BCUT2D eigenvalue weighted by molar-refractivity contribution is 7.99. The molecular weight excluding hydrogens is 252 g/mol. The molecule has 0 saturated carbocycles. The van der Waals surface area contributed by atoms with E-state index in [1.165, 1.54) is 55.0 Å². The van der Waals surface area contributed by atoms with Gasteiger partial charge in [-0.05, 0) is 54.7 Å². The highest BCUT2D eigenvalue weighted by Gasteiger charge is 2.30. The van der Waals surface area contributed by atoms with Crippen molar-refractivity contribution in [1.29, 1.82) is 0 Å². The molecule has 1 fully saturated rings. The second-order valence-electron chi connectivity index (χ2n) is 5.71. The number of hydrogen-bond acceptors (Lipinski definition) is 3. The van der Waals surface area contributed by atoms with Crippen LogP contribution in [0.5, 0.6) is 0 Å². The first-order valence-electron chi connectivity index (χ1n) is 7.52. The van der Waals surface area contributed by atoms with Gasteiger partial charge in [0.1, 0.15) is 0 Å². The van der Waals surface area contributed by atoms with Gasteiger partial charge in [-0.1, -0.05) is 18.2 Å². The summed E-state index contributed by atoms with van der Waals surface area (Å²) < 4.78 is 0. The standard InChI is InChI=1S/C16H24N2S/c17-11-16(14-8-10-19-12-14)18-9-4-3-6-13-5-1-2-7-15(13)18/h1-2,5,7,14,16H,3-4,6,8-12,17H2. The Balaban J connectivity index is 1.89. The lowest BCUT2D eigenvalue weighted by Gasteiger charge is -2.36. The molecule has 0 bridgehead atoms. The summed E-state index contributed by atoms with van der Waals surface area (Å²) in [4.78, 5) is 2.62. The Hall–Kier alpha value is -0.670. The molecule has 2 atom stereocenters. The third-order valence-corrected chi connectivity index (χ3v) is 5.74. The first kappa shape index (κ1) is 13.3. The van der Waals surface area contributed by atoms with E-state index >= 15 is 0 Å². The van der Waals surface area contributed by atoms with Crippen LogP contribution in [0.4, 0.5) is 5.69 Å². The Kier molecular flexibility index (Phi) is 4.34. The fourth-order valence-electron chi connectivity index (χ4n) is 3.50. The average Bonchev–Trinajstić information content (AvgIpc) is 2.88. The minimum Gasteiger partial charge on any atom is -0.367 e. The van der Waals surface area contributed by atoms with Crippen LogP contribution in [-0.2, 0) is 6.42 Å². The summed E-state index contributed by atoms with van der Waals surface area (Å²) in [7, 11) is 0. The topological polar surface area (TPSA) is 29.3 Å². The van der Waals surface area contributed by atoms with Crippen LogP contribution < -0.4 is 10.6 Å². The molecule has 3 heteroatoms. The van der Waals surface area contributed by atoms with Crippen LogP contribution in [0, 0.1) is 5.92 Å². The zero-order valence-corrected chi connectivity index (χ0v) is 12.4. The Morgan fingerprint density at radius 2 is 2.21 bits per heavy atom. The number of rotatable bonds is 3. The fourth-order valence-corrected chi connectivity index (χ4v) is 4.82. The van der Waals surface area contributed by atoms with E-state index in [2.05, 4.69) is 40.9 Å². The van der Waals surface area contributed by atoms with Crippen LogP contribution in [0.25, 0.3) is 0 Å². The first-order chi connectivity index (χ1) is 9.40. The number of hydrogen-bond donors (Lipinski definition) is 1. The van der Waals surface area contributed by atoms with Gasteiger partial charge in [0.25, 0.3) is 0 Å². The third kappa shape index (κ3) is 2.77. The van der Waals surface area contributed by atoms with Crippen molar-refractivity contribution in [2.24, 2.45) is 11.7 Å². The van der Waals surface area contributed by atoms with Gasteiger partial charge in [-0.25, -0.2) is 0 Å². The predicted molar refractivity (Wildman–Crippen MR) is 85.0 cm³/mol. The number of nitrogens with zero attached hydrogens (tertiary/aromatic N) is 1. The minimum absolute atomic E-state index is 0.536. The van der Waals surface area contributed by atoms with Crippen molar-refractivity contribution in [2.45, 2.75) is 31.7 Å². The lowest BCUT2D eigenvalue weighted by molar-refractivity contribution is 0.436. The van der Waals surface area contributed by atoms with Gasteiger partial charge < -0.3 is 10.6 Å². The molecular formula is C16H24N2S. The molecule has 2 aliphatic rings. The Morgan fingerprint density at radius 1 is 1.32 bits per heavy atom. The number of anilines is 1. The molecule has 0 aliphatic carbocycles.